The van der Waals surface area contributed by atoms with Crippen molar-refractivity contribution >= 4 is 29.3 Å². The molecule has 1 heterocycles. The van der Waals surface area contributed by atoms with Crippen LogP contribution in [0.15, 0.2) is 30.5 Å². The SMILES string of the molecule is COc1cc(/C=C/C(=O)Nc2cnn(C)c2Cl)ccc1OC(C)C. The number of aryl methyl sites for hydroxylation is 1. The number of ether oxygens (including phenoxy) is 2. The van der Waals surface area contributed by atoms with Crippen LogP contribution >= 0.6 is 11.6 Å². The average molecular weight is 350 g/mol. The van der Waals surface area contributed by atoms with Crippen LogP contribution in [0.2, 0.25) is 5.15 Å². The van der Waals surface area contributed by atoms with Crippen molar-refractivity contribution in [2.24, 2.45) is 7.05 Å². The summed E-state index contributed by atoms with van der Waals surface area (Å²) in [6.45, 7) is 3.89. The lowest BCUT2D eigenvalue weighted by Crippen LogP contribution is -2.08. The van der Waals surface area contributed by atoms with E-state index in [1.165, 1.54) is 17.0 Å². The highest BCUT2D eigenvalue weighted by atomic mass is 35.5. The molecule has 7 heteroatoms. The lowest BCUT2D eigenvalue weighted by atomic mass is 10.2. The van der Waals surface area contributed by atoms with Gasteiger partial charge in [0.05, 0.1) is 25.1 Å². The number of nitrogens with one attached hydrogen (secondary N) is 1. The van der Waals surface area contributed by atoms with Crippen molar-refractivity contribution in [1.29, 1.82) is 0 Å². The Kier molecular flexibility index (Phi) is 5.87. The predicted octanol–water partition coefficient (Wildman–Crippen LogP) is 3.52. The molecule has 0 bridgehead atoms. The number of halogens is 1. The van der Waals surface area contributed by atoms with Crippen molar-refractivity contribution in [2.75, 3.05) is 12.4 Å². The number of nitrogens with zero attached hydrogens (tertiary/aromatic N) is 2. The minimum atomic E-state index is -0.300. The molecule has 0 atom stereocenters. The summed E-state index contributed by atoms with van der Waals surface area (Å²) < 4.78 is 12.5. The third-order valence-corrected chi connectivity index (χ3v) is 3.55. The first-order valence-electron chi connectivity index (χ1n) is 7.42. The van der Waals surface area contributed by atoms with Crippen LogP contribution in [0.1, 0.15) is 19.4 Å². The Morgan fingerprint density at radius 1 is 1.38 bits per heavy atom. The van der Waals surface area contributed by atoms with E-state index in [4.69, 9.17) is 21.1 Å². The second-order valence-electron chi connectivity index (χ2n) is 5.37. The Balaban J connectivity index is 2.08. The molecular formula is C17H20ClN3O3. The van der Waals surface area contributed by atoms with E-state index < -0.39 is 0 Å². The van der Waals surface area contributed by atoms with E-state index in [0.29, 0.717) is 22.3 Å². The van der Waals surface area contributed by atoms with Gasteiger partial charge in [0.25, 0.3) is 0 Å². The summed E-state index contributed by atoms with van der Waals surface area (Å²) in [5.41, 5.74) is 1.28. The fraction of sp³-hybridized carbons (Fsp3) is 0.294. The van der Waals surface area contributed by atoms with Crippen LogP contribution in [0.25, 0.3) is 6.08 Å². The van der Waals surface area contributed by atoms with E-state index in [-0.39, 0.29) is 12.0 Å². The normalized spacial score (nSPS) is 11.1. The summed E-state index contributed by atoms with van der Waals surface area (Å²) in [4.78, 5) is 12.0. The maximum atomic E-state index is 12.0. The van der Waals surface area contributed by atoms with Crippen molar-refractivity contribution in [3.05, 3.63) is 41.2 Å². The number of carbonyl (C=O) groups is 1. The maximum absolute atomic E-state index is 12.0. The Bertz CT molecular complexity index is 754. The molecule has 24 heavy (non-hydrogen) atoms. The number of methoxy groups -OCH3 is 1. The van der Waals surface area contributed by atoms with E-state index in [9.17, 15) is 4.79 Å². The molecule has 0 unspecified atom stereocenters. The number of amides is 1. The van der Waals surface area contributed by atoms with E-state index in [2.05, 4.69) is 10.4 Å². The number of anilines is 1. The van der Waals surface area contributed by atoms with Crippen LogP contribution in [-0.4, -0.2) is 28.9 Å². The quantitative estimate of drug-likeness (QED) is 0.810. The van der Waals surface area contributed by atoms with E-state index >= 15 is 0 Å². The Hall–Kier alpha value is -2.47. The minimum absolute atomic E-state index is 0.0512. The highest BCUT2D eigenvalue weighted by Gasteiger charge is 2.09. The van der Waals surface area contributed by atoms with Crippen molar-refractivity contribution in [3.8, 4) is 11.5 Å². The zero-order chi connectivity index (χ0) is 17.7. The van der Waals surface area contributed by atoms with Crippen molar-refractivity contribution in [3.63, 3.8) is 0 Å². The van der Waals surface area contributed by atoms with Crippen molar-refractivity contribution in [2.45, 2.75) is 20.0 Å². The van der Waals surface area contributed by atoms with Gasteiger partial charge in [-0.1, -0.05) is 17.7 Å². The van der Waals surface area contributed by atoms with Gasteiger partial charge in [0.1, 0.15) is 5.15 Å². The minimum Gasteiger partial charge on any atom is -0.493 e. The summed E-state index contributed by atoms with van der Waals surface area (Å²) in [7, 11) is 3.27. The van der Waals surface area contributed by atoms with Gasteiger partial charge in [0, 0.05) is 13.1 Å². The van der Waals surface area contributed by atoms with Gasteiger partial charge in [-0.25, -0.2) is 0 Å². The maximum Gasteiger partial charge on any atom is 0.248 e. The molecular weight excluding hydrogens is 330 g/mol. The predicted molar refractivity (Wildman–Crippen MR) is 94.6 cm³/mol. The molecule has 0 saturated carbocycles. The summed E-state index contributed by atoms with van der Waals surface area (Å²) in [5, 5.41) is 7.00. The largest absolute Gasteiger partial charge is 0.493 e. The second-order valence-corrected chi connectivity index (χ2v) is 5.73. The van der Waals surface area contributed by atoms with Crippen LogP contribution in [0.5, 0.6) is 11.5 Å². The highest BCUT2D eigenvalue weighted by Crippen LogP contribution is 2.29. The average Bonchev–Trinajstić information content (AvgIpc) is 2.85. The number of hydrogen-bond donors (Lipinski definition) is 1. The molecule has 128 valence electrons. The van der Waals surface area contributed by atoms with E-state index in [1.807, 2.05) is 26.0 Å². The van der Waals surface area contributed by atoms with Crippen LogP contribution in [0.4, 0.5) is 5.69 Å². The third-order valence-electron chi connectivity index (χ3n) is 3.10. The number of carbonyl (C=O) groups excluding carboxylic acids is 1. The molecule has 0 radical (unpaired) electrons. The first-order valence-corrected chi connectivity index (χ1v) is 7.79. The molecule has 0 spiro atoms. The summed E-state index contributed by atoms with van der Waals surface area (Å²) in [6.07, 6.45) is 4.65. The van der Waals surface area contributed by atoms with Gasteiger partial charge in [-0.3, -0.25) is 9.48 Å². The number of benzene rings is 1. The van der Waals surface area contributed by atoms with Gasteiger partial charge in [-0.05, 0) is 37.6 Å². The van der Waals surface area contributed by atoms with Crippen LogP contribution in [0, 0.1) is 0 Å². The zero-order valence-corrected chi connectivity index (χ0v) is 14.8. The molecule has 1 amide bonds. The van der Waals surface area contributed by atoms with Gasteiger partial charge in [0.2, 0.25) is 5.91 Å². The zero-order valence-electron chi connectivity index (χ0n) is 14.0. The molecule has 1 aromatic carbocycles. The molecule has 2 rings (SSSR count). The highest BCUT2D eigenvalue weighted by molar-refractivity contribution is 6.32. The first kappa shape index (κ1) is 17.9. The number of rotatable bonds is 6. The van der Waals surface area contributed by atoms with Gasteiger partial charge >= 0.3 is 0 Å². The second kappa shape index (κ2) is 7.88. The molecule has 1 aromatic heterocycles. The Morgan fingerprint density at radius 2 is 2.12 bits per heavy atom. The van der Waals surface area contributed by atoms with Crippen molar-refractivity contribution in [1.82, 2.24) is 9.78 Å². The Morgan fingerprint density at radius 3 is 2.71 bits per heavy atom. The molecule has 0 saturated heterocycles. The topological polar surface area (TPSA) is 65.4 Å². The van der Waals surface area contributed by atoms with Gasteiger partial charge in [0.15, 0.2) is 11.5 Å². The third kappa shape index (κ3) is 4.52. The molecule has 6 nitrogen and oxygen atoms in total. The molecule has 1 N–H and O–H groups in total. The molecule has 0 aliphatic rings. The monoisotopic (exact) mass is 349 g/mol. The number of aromatic nitrogens is 2. The van der Waals surface area contributed by atoms with Gasteiger partial charge < -0.3 is 14.8 Å². The Labute approximate surface area is 146 Å². The molecule has 0 fully saturated rings. The van der Waals surface area contributed by atoms with Crippen LogP contribution < -0.4 is 14.8 Å². The van der Waals surface area contributed by atoms with Crippen molar-refractivity contribution < 1.29 is 14.3 Å². The van der Waals surface area contributed by atoms with Crippen LogP contribution in [0.3, 0.4) is 0 Å². The summed E-state index contributed by atoms with van der Waals surface area (Å²) in [6, 6.07) is 5.47. The standard InChI is InChI=1S/C17H20ClN3O3/c1-11(2)24-14-7-5-12(9-15(14)23-4)6-8-16(22)20-13-10-19-21(3)17(13)18/h5-11H,1-4H3,(H,20,22)/b8-6+. The van der Waals surface area contributed by atoms with Gasteiger partial charge in [-0.2, -0.15) is 5.10 Å². The molecule has 0 aliphatic heterocycles. The molecule has 2 aromatic rings. The van der Waals surface area contributed by atoms with E-state index in [1.54, 1.807) is 26.3 Å². The fourth-order valence-corrected chi connectivity index (χ4v) is 2.13. The summed E-state index contributed by atoms with van der Waals surface area (Å²) in [5.74, 6) is 0.976. The lowest BCUT2D eigenvalue weighted by Gasteiger charge is -2.13. The lowest BCUT2D eigenvalue weighted by molar-refractivity contribution is -0.111. The fourth-order valence-electron chi connectivity index (χ4n) is 1.99. The molecule has 0 aliphatic carbocycles. The van der Waals surface area contributed by atoms with Gasteiger partial charge in [-0.15, -0.1) is 0 Å². The first-order chi connectivity index (χ1) is 11.4. The number of hydrogen-bond acceptors (Lipinski definition) is 4. The smallest absolute Gasteiger partial charge is 0.248 e. The van der Waals surface area contributed by atoms with E-state index in [0.717, 1.165) is 5.56 Å². The summed E-state index contributed by atoms with van der Waals surface area (Å²) >= 11 is 6.00. The van der Waals surface area contributed by atoms with Crippen LogP contribution in [-0.2, 0) is 11.8 Å².